The van der Waals surface area contributed by atoms with Crippen LogP contribution >= 0.6 is 0 Å². The van der Waals surface area contributed by atoms with Crippen molar-refractivity contribution in [2.45, 2.75) is 354 Å². The minimum atomic E-state index is -0.766. The van der Waals surface area contributed by atoms with Gasteiger partial charge in [-0.2, -0.15) is 0 Å². The Bertz CT molecular complexity index is 1060. The van der Waals surface area contributed by atoms with Crippen LogP contribution in [0.25, 0.3) is 0 Å². The van der Waals surface area contributed by atoms with Gasteiger partial charge in [0.2, 0.25) is 0 Å². The molecule has 6 heteroatoms. The van der Waals surface area contributed by atoms with E-state index in [9.17, 15) is 14.4 Å². The van der Waals surface area contributed by atoms with E-state index >= 15 is 0 Å². The number of carbonyl (C=O) groups is 3. The van der Waals surface area contributed by atoms with Gasteiger partial charge in [-0.3, -0.25) is 14.4 Å². The fourth-order valence-corrected chi connectivity index (χ4v) is 9.38. The van der Waals surface area contributed by atoms with Crippen molar-refractivity contribution in [1.82, 2.24) is 0 Å². The van der Waals surface area contributed by atoms with Crippen molar-refractivity contribution in [2.75, 3.05) is 13.2 Å². The summed E-state index contributed by atoms with van der Waals surface area (Å²) in [6, 6.07) is 0. The number of hydrogen-bond donors (Lipinski definition) is 0. The van der Waals surface area contributed by atoms with Gasteiger partial charge in [-0.1, -0.05) is 296 Å². The molecule has 1 unspecified atom stereocenters. The lowest BCUT2D eigenvalue weighted by atomic mass is 10.0. The molecule has 0 aromatic heterocycles. The summed E-state index contributed by atoms with van der Waals surface area (Å²) >= 11 is 0. The first-order chi connectivity index (χ1) is 33.5. The first-order valence-corrected chi connectivity index (χ1v) is 30.7. The maximum atomic E-state index is 12.7. The molecule has 1 atom stereocenters. The largest absolute Gasteiger partial charge is 0.462 e. The number of carbonyl (C=O) groups excluding carboxylic acids is 3. The number of rotatable bonds is 57. The molecule has 0 N–H and O–H groups in total. The lowest BCUT2D eigenvalue weighted by molar-refractivity contribution is -0.167. The normalized spacial score (nSPS) is 12.0. The van der Waals surface area contributed by atoms with E-state index < -0.39 is 6.10 Å². The zero-order valence-corrected chi connectivity index (χ0v) is 46.2. The maximum absolute atomic E-state index is 12.7. The maximum Gasteiger partial charge on any atom is 0.306 e. The van der Waals surface area contributed by atoms with Gasteiger partial charge in [0.15, 0.2) is 6.10 Å². The Labute approximate surface area is 424 Å². The van der Waals surface area contributed by atoms with Crippen LogP contribution in [0.5, 0.6) is 0 Å². The van der Waals surface area contributed by atoms with E-state index in [2.05, 4.69) is 32.9 Å². The van der Waals surface area contributed by atoms with Crippen molar-refractivity contribution in [3.8, 4) is 0 Å². The average Bonchev–Trinajstić information content (AvgIpc) is 3.34. The lowest BCUT2D eigenvalue weighted by Crippen LogP contribution is -2.30. The van der Waals surface area contributed by atoms with Crippen molar-refractivity contribution in [2.24, 2.45) is 0 Å². The molecule has 0 saturated heterocycles. The Balaban J connectivity index is 3.87. The lowest BCUT2D eigenvalue weighted by Gasteiger charge is -2.18. The van der Waals surface area contributed by atoms with E-state index in [0.717, 1.165) is 70.6 Å². The van der Waals surface area contributed by atoms with Crippen molar-refractivity contribution in [3.63, 3.8) is 0 Å². The molecule has 0 bridgehead atoms. The Kier molecular flexibility index (Phi) is 56.2. The summed E-state index contributed by atoms with van der Waals surface area (Å²) in [4.78, 5) is 37.7. The second-order valence-corrected chi connectivity index (χ2v) is 21.0. The Morgan fingerprint density at radius 2 is 0.485 bits per heavy atom. The van der Waals surface area contributed by atoms with Crippen LogP contribution in [-0.4, -0.2) is 37.2 Å². The predicted molar refractivity (Wildman–Crippen MR) is 293 cm³/mol. The summed E-state index contributed by atoms with van der Waals surface area (Å²) in [6.07, 6.45) is 67.2. The third-order valence-corrected chi connectivity index (χ3v) is 14.0. The molecule has 0 aliphatic heterocycles. The van der Waals surface area contributed by atoms with Crippen LogP contribution in [0.4, 0.5) is 0 Å². The zero-order valence-electron chi connectivity index (χ0n) is 46.2. The highest BCUT2D eigenvalue weighted by Gasteiger charge is 2.19. The highest BCUT2D eigenvalue weighted by atomic mass is 16.6. The van der Waals surface area contributed by atoms with Gasteiger partial charge < -0.3 is 14.2 Å². The molecular weight excluding hydrogens is 841 g/mol. The number of hydrogen-bond acceptors (Lipinski definition) is 6. The number of unbranched alkanes of at least 4 members (excludes halogenated alkanes) is 44. The van der Waals surface area contributed by atoms with E-state index in [1.807, 2.05) is 0 Å². The van der Waals surface area contributed by atoms with Gasteiger partial charge >= 0.3 is 17.9 Å². The topological polar surface area (TPSA) is 78.9 Å². The molecule has 0 radical (unpaired) electrons. The molecule has 0 aliphatic carbocycles. The summed E-state index contributed by atoms with van der Waals surface area (Å²) in [7, 11) is 0. The van der Waals surface area contributed by atoms with Crippen LogP contribution in [0.15, 0.2) is 12.2 Å². The number of ether oxygens (including phenoxy) is 3. The first-order valence-electron chi connectivity index (χ1n) is 30.7. The van der Waals surface area contributed by atoms with Gasteiger partial charge in [0.25, 0.3) is 0 Å². The third-order valence-electron chi connectivity index (χ3n) is 14.0. The van der Waals surface area contributed by atoms with Gasteiger partial charge in [-0.25, -0.2) is 0 Å². The van der Waals surface area contributed by atoms with E-state index in [0.29, 0.717) is 19.3 Å². The Morgan fingerprint density at radius 1 is 0.279 bits per heavy atom. The molecule has 0 aromatic carbocycles. The smallest absolute Gasteiger partial charge is 0.306 e. The van der Waals surface area contributed by atoms with E-state index in [1.165, 1.54) is 238 Å². The van der Waals surface area contributed by atoms with Crippen LogP contribution in [0.1, 0.15) is 348 Å². The van der Waals surface area contributed by atoms with Gasteiger partial charge in [0.1, 0.15) is 13.2 Å². The quantitative estimate of drug-likeness (QED) is 0.0262. The first kappa shape index (κ1) is 66.2. The van der Waals surface area contributed by atoms with Gasteiger partial charge in [0, 0.05) is 19.3 Å². The third kappa shape index (κ3) is 55.1. The number of allylic oxidation sites excluding steroid dienone is 2. The summed E-state index contributed by atoms with van der Waals surface area (Å²) in [5, 5.41) is 0. The summed E-state index contributed by atoms with van der Waals surface area (Å²) in [6.45, 7) is 6.59. The molecule has 0 aliphatic rings. The van der Waals surface area contributed by atoms with Crippen LogP contribution in [-0.2, 0) is 28.6 Å². The second kappa shape index (κ2) is 57.7. The zero-order chi connectivity index (χ0) is 49.3. The van der Waals surface area contributed by atoms with Crippen LogP contribution in [0.2, 0.25) is 0 Å². The van der Waals surface area contributed by atoms with Crippen molar-refractivity contribution >= 4 is 17.9 Å². The van der Waals surface area contributed by atoms with Gasteiger partial charge in [-0.05, 0) is 44.9 Å². The molecule has 0 rings (SSSR count). The Morgan fingerprint density at radius 3 is 0.735 bits per heavy atom. The van der Waals surface area contributed by atoms with Crippen molar-refractivity contribution in [3.05, 3.63) is 12.2 Å². The van der Waals surface area contributed by atoms with Gasteiger partial charge in [-0.15, -0.1) is 0 Å². The predicted octanol–water partition coefficient (Wildman–Crippen LogP) is 20.5. The fraction of sp³-hybridized carbons (Fsp3) is 0.919. The molecule has 0 fully saturated rings. The van der Waals surface area contributed by atoms with Crippen LogP contribution < -0.4 is 0 Å². The van der Waals surface area contributed by atoms with E-state index in [-0.39, 0.29) is 31.1 Å². The summed E-state index contributed by atoms with van der Waals surface area (Å²) in [5.74, 6) is -0.873. The highest BCUT2D eigenvalue weighted by Crippen LogP contribution is 2.18. The molecule has 0 amide bonds. The molecule has 0 spiro atoms. The molecule has 402 valence electrons. The van der Waals surface area contributed by atoms with E-state index in [4.69, 9.17) is 14.2 Å². The summed E-state index contributed by atoms with van der Waals surface area (Å²) in [5.41, 5.74) is 0. The standard InChI is InChI=1S/C62H118O6/c1-4-7-10-13-15-17-19-21-23-24-25-26-27-28-29-30-31-32-33-34-35-36-37-38-39-41-42-44-46-49-52-55-61(64)67-58-59(57-66-60(63)54-51-48-12-9-6-3)68-62(65)56-53-50-47-45-43-40-22-20-18-16-14-11-8-5-2/h20,22,59H,4-19,21,23-58H2,1-3H3/b22-20-. The van der Waals surface area contributed by atoms with Gasteiger partial charge in [0.05, 0.1) is 0 Å². The average molecular weight is 960 g/mol. The monoisotopic (exact) mass is 959 g/mol. The molecule has 0 saturated carbocycles. The summed E-state index contributed by atoms with van der Waals surface area (Å²) < 4.78 is 16.7. The molecule has 68 heavy (non-hydrogen) atoms. The van der Waals surface area contributed by atoms with Crippen LogP contribution in [0.3, 0.4) is 0 Å². The van der Waals surface area contributed by atoms with Crippen LogP contribution in [0, 0.1) is 0 Å². The highest BCUT2D eigenvalue weighted by molar-refractivity contribution is 5.71. The molecular formula is C62H118O6. The molecule has 6 nitrogen and oxygen atoms in total. The fourth-order valence-electron chi connectivity index (χ4n) is 9.38. The SMILES string of the molecule is CCCCCCC/C=C\CCCCCCCC(=O)OC(COC(=O)CCCCCCC)COC(=O)CCCCCCCCCCCCCCCCCCCCCCCCCCCCCCCCC. The van der Waals surface area contributed by atoms with Crippen molar-refractivity contribution < 1.29 is 28.6 Å². The van der Waals surface area contributed by atoms with E-state index in [1.54, 1.807) is 0 Å². The number of esters is 3. The molecule has 0 aromatic rings. The minimum Gasteiger partial charge on any atom is -0.462 e. The second-order valence-electron chi connectivity index (χ2n) is 21.0. The van der Waals surface area contributed by atoms with Crippen molar-refractivity contribution in [1.29, 1.82) is 0 Å². The Hall–Kier alpha value is -1.85. The minimum absolute atomic E-state index is 0.0692. The molecule has 0 heterocycles.